The molecule has 0 fully saturated rings. The summed E-state index contributed by atoms with van der Waals surface area (Å²) in [4.78, 5) is 14.5. The highest BCUT2D eigenvalue weighted by Crippen LogP contribution is 2.33. The summed E-state index contributed by atoms with van der Waals surface area (Å²) in [5.41, 5.74) is 1.26. The Morgan fingerprint density at radius 2 is 1.82 bits per heavy atom. The van der Waals surface area contributed by atoms with Crippen LogP contribution in [0.1, 0.15) is 36.2 Å². The minimum Gasteiger partial charge on any atom is -0.305 e. The van der Waals surface area contributed by atoms with E-state index in [1.807, 2.05) is 0 Å². The van der Waals surface area contributed by atoms with E-state index in [1.54, 1.807) is 19.9 Å². The molecule has 0 N–H and O–H groups in total. The van der Waals surface area contributed by atoms with E-state index < -0.39 is 15.8 Å². The quantitative estimate of drug-likeness (QED) is 0.726. The summed E-state index contributed by atoms with van der Waals surface area (Å²) in [6.45, 7) is 4.67. The van der Waals surface area contributed by atoms with Crippen LogP contribution < -0.4 is 4.90 Å². The topological polar surface area (TPSA) is 57.7 Å². The van der Waals surface area contributed by atoms with E-state index in [1.165, 1.54) is 39.5 Å². The number of hydrogen-bond acceptors (Lipinski definition) is 3. The molecule has 0 saturated carbocycles. The number of carbonyl (C=O) groups is 1. The van der Waals surface area contributed by atoms with Crippen molar-refractivity contribution in [1.29, 1.82) is 0 Å². The summed E-state index contributed by atoms with van der Waals surface area (Å²) < 4.78 is 41.0. The number of sulfonamides is 1. The zero-order valence-electron chi connectivity index (χ0n) is 15.8. The Morgan fingerprint density at radius 3 is 2.43 bits per heavy atom. The van der Waals surface area contributed by atoms with Crippen molar-refractivity contribution in [3.63, 3.8) is 0 Å². The maximum Gasteiger partial charge on any atom is 0.258 e. The van der Waals surface area contributed by atoms with Gasteiger partial charge in [-0.25, -0.2) is 12.8 Å². The molecule has 3 rings (SSSR count). The molecule has 0 radical (unpaired) electrons. The molecule has 0 bridgehead atoms. The predicted molar refractivity (Wildman–Crippen MR) is 108 cm³/mol. The molecule has 28 heavy (non-hydrogen) atoms. The molecule has 0 spiro atoms. The molecule has 0 unspecified atom stereocenters. The normalized spacial score (nSPS) is 14.2. The number of aryl methyl sites for hydroxylation is 1. The highest BCUT2D eigenvalue weighted by Gasteiger charge is 2.28. The van der Waals surface area contributed by atoms with E-state index >= 15 is 0 Å². The van der Waals surface area contributed by atoms with Gasteiger partial charge in [0.1, 0.15) is 5.82 Å². The Balaban J connectivity index is 1.92. The molecule has 1 amide bonds. The average molecular weight is 425 g/mol. The summed E-state index contributed by atoms with van der Waals surface area (Å²) in [6.07, 6.45) is 1.35. The Labute approximate surface area is 169 Å². The lowest BCUT2D eigenvalue weighted by atomic mass is 10.0. The largest absolute Gasteiger partial charge is 0.305 e. The minimum absolute atomic E-state index is 0.129. The SMILES string of the molecule is CCN(CC)S(=O)(=O)c1ccc(C(=O)N2CCCc3cc(Cl)cc(F)c32)cc1. The van der Waals surface area contributed by atoms with Gasteiger partial charge in [0, 0.05) is 30.2 Å². The third kappa shape index (κ3) is 3.79. The maximum absolute atomic E-state index is 14.5. The average Bonchev–Trinajstić information content (AvgIpc) is 2.67. The molecule has 1 aliphatic rings. The fourth-order valence-corrected chi connectivity index (χ4v) is 5.18. The Morgan fingerprint density at radius 1 is 1.18 bits per heavy atom. The van der Waals surface area contributed by atoms with E-state index in [9.17, 15) is 17.6 Å². The van der Waals surface area contributed by atoms with Gasteiger partial charge in [0.25, 0.3) is 5.91 Å². The number of rotatable bonds is 5. The van der Waals surface area contributed by atoms with Crippen molar-refractivity contribution in [3.8, 4) is 0 Å². The van der Waals surface area contributed by atoms with E-state index in [0.717, 1.165) is 0 Å². The summed E-state index contributed by atoms with van der Waals surface area (Å²) in [5.74, 6) is -0.898. The molecule has 2 aromatic carbocycles. The van der Waals surface area contributed by atoms with Crippen LogP contribution in [0.25, 0.3) is 0 Å². The predicted octanol–water partition coefficient (Wildman–Crippen LogP) is 4.10. The molecule has 1 aliphatic heterocycles. The number of fused-ring (bicyclic) bond motifs is 1. The van der Waals surface area contributed by atoms with Crippen molar-refractivity contribution in [2.45, 2.75) is 31.6 Å². The molecule has 0 saturated heterocycles. The van der Waals surface area contributed by atoms with Gasteiger partial charge < -0.3 is 4.90 Å². The van der Waals surface area contributed by atoms with Crippen LogP contribution in [-0.2, 0) is 16.4 Å². The van der Waals surface area contributed by atoms with Crippen molar-refractivity contribution in [2.24, 2.45) is 0 Å². The number of hydrogen-bond donors (Lipinski definition) is 0. The zero-order chi connectivity index (χ0) is 20.5. The van der Waals surface area contributed by atoms with E-state index in [0.29, 0.717) is 48.6 Å². The Kier molecular flexibility index (Phi) is 6.07. The van der Waals surface area contributed by atoms with Crippen LogP contribution in [0.4, 0.5) is 10.1 Å². The molecular formula is C20H22ClFN2O3S. The molecular weight excluding hydrogens is 403 g/mol. The van der Waals surface area contributed by atoms with Gasteiger partial charge in [0.15, 0.2) is 0 Å². The van der Waals surface area contributed by atoms with Crippen molar-refractivity contribution in [2.75, 3.05) is 24.5 Å². The molecule has 0 aliphatic carbocycles. The van der Waals surface area contributed by atoms with E-state index in [-0.39, 0.29) is 16.5 Å². The fraction of sp³-hybridized carbons (Fsp3) is 0.350. The molecule has 5 nitrogen and oxygen atoms in total. The third-order valence-corrected chi connectivity index (χ3v) is 7.18. The van der Waals surface area contributed by atoms with Crippen molar-refractivity contribution in [1.82, 2.24) is 4.31 Å². The lowest BCUT2D eigenvalue weighted by Crippen LogP contribution is -2.36. The summed E-state index contributed by atoms with van der Waals surface area (Å²) in [5, 5.41) is 0.302. The summed E-state index contributed by atoms with van der Waals surface area (Å²) in [7, 11) is -3.59. The van der Waals surface area contributed by atoms with Gasteiger partial charge in [0.05, 0.1) is 10.6 Å². The van der Waals surface area contributed by atoms with Gasteiger partial charge in [-0.1, -0.05) is 25.4 Å². The second-order valence-corrected chi connectivity index (χ2v) is 8.94. The van der Waals surface area contributed by atoms with Gasteiger partial charge in [-0.05, 0) is 54.8 Å². The molecule has 0 atom stereocenters. The molecule has 8 heteroatoms. The van der Waals surface area contributed by atoms with Crippen LogP contribution in [0.15, 0.2) is 41.3 Å². The standard InChI is InChI=1S/C20H22ClFN2O3S/c1-3-23(4-2)28(26,27)17-9-7-14(8-10-17)20(25)24-11-5-6-15-12-16(21)13-18(22)19(15)24/h7-10,12-13H,3-6,11H2,1-2H3. The van der Waals surface area contributed by atoms with Crippen LogP contribution in [0, 0.1) is 5.82 Å². The highest BCUT2D eigenvalue weighted by atomic mass is 35.5. The first kappa shape index (κ1) is 20.8. The second-order valence-electron chi connectivity index (χ2n) is 6.57. The second kappa shape index (κ2) is 8.19. The van der Waals surface area contributed by atoms with Gasteiger partial charge in [-0.3, -0.25) is 4.79 Å². The monoisotopic (exact) mass is 424 g/mol. The van der Waals surface area contributed by atoms with Gasteiger partial charge in [-0.2, -0.15) is 4.31 Å². The zero-order valence-corrected chi connectivity index (χ0v) is 17.4. The van der Waals surface area contributed by atoms with Crippen LogP contribution in [0.2, 0.25) is 5.02 Å². The first-order valence-electron chi connectivity index (χ1n) is 9.19. The molecule has 2 aromatic rings. The van der Waals surface area contributed by atoms with Crippen LogP contribution >= 0.6 is 11.6 Å². The lowest BCUT2D eigenvalue weighted by Gasteiger charge is -2.30. The number of anilines is 1. The van der Waals surface area contributed by atoms with Crippen LogP contribution in [0.5, 0.6) is 0 Å². The maximum atomic E-state index is 14.5. The van der Waals surface area contributed by atoms with E-state index in [2.05, 4.69) is 0 Å². The molecule has 1 heterocycles. The van der Waals surface area contributed by atoms with Crippen LogP contribution in [0.3, 0.4) is 0 Å². The van der Waals surface area contributed by atoms with Gasteiger partial charge >= 0.3 is 0 Å². The van der Waals surface area contributed by atoms with Gasteiger partial charge in [0.2, 0.25) is 10.0 Å². The first-order valence-corrected chi connectivity index (χ1v) is 11.0. The fourth-order valence-electron chi connectivity index (χ4n) is 3.49. The van der Waals surface area contributed by atoms with Gasteiger partial charge in [-0.15, -0.1) is 0 Å². The first-order chi connectivity index (χ1) is 13.3. The number of carbonyl (C=O) groups excluding carboxylic acids is 1. The summed E-state index contributed by atoms with van der Waals surface area (Å²) in [6, 6.07) is 8.67. The summed E-state index contributed by atoms with van der Waals surface area (Å²) >= 11 is 5.93. The highest BCUT2D eigenvalue weighted by molar-refractivity contribution is 7.89. The van der Waals surface area contributed by atoms with Crippen molar-refractivity contribution >= 4 is 33.2 Å². The molecule has 0 aromatic heterocycles. The Hall–Kier alpha value is -1.96. The van der Waals surface area contributed by atoms with Crippen molar-refractivity contribution < 1.29 is 17.6 Å². The molecule has 150 valence electrons. The Bertz CT molecular complexity index is 989. The van der Waals surface area contributed by atoms with Crippen LogP contribution in [-0.4, -0.2) is 38.3 Å². The minimum atomic E-state index is -3.59. The lowest BCUT2D eigenvalue weighted by molar-refractivity contribution is 0.0984. The number of halogens is 2. The number of nitrogens with zero attached hydrogens (tertiary/aromatic N) is 2. The van der Waals surface area contributed by atoms with Crippen molar-refractivity contribution in [3.05, 3.63) is 58.4 Å². The smallest absolute Gasteiger partial charge is 0.258 e. The third-order valence-electron chi connectivity index (χ3n) is 4.89. The number of amides is 1. The number of benzene rings is 2. The van der Waals surface area contributed by atoms with E-state index in [4.69, 9.17) is 11.6 Å².